The number of rotatable bonds is 8. The predicted octanol–water partition coefficient (Wildman–Crippen LogP) is 2.84. The molecule has 3 nitrogen and oxygen atoms in total. The van der Waals surface area contributed by atoms with Crippen molar-refractivity contribution in [3.8, 4) is 0 Å². The van der Waals surface area contributed by atoms with Crippen molar-refractivity contribution in [2.75, 3.05) is 6.61 Å². The van der Waals surface area contributed by atoms with Crippen LogP contribution in [0.2, 0.25) is 0 Å². The van der Waals surface area contributed by atoms with Crippen molar-refractivity contribution in [2.45, 2.75) is 53.1 Å². The fraction of sp³-hybridized carbons (Fsp3) is 0.786. The van der Waals surface area contributed by atoms with E-state index >= 15 is 0 Å². The molecule has 0 aliphatic carbocycles. The van der Waals surface area contributed by atoms with Gasteiger partial charge in [0.1, 0.15) is 0 Å². The standard InChI is InChI=1S/C14H26N2OS/c1-10(2)5-12(9-17)15-7-13-8-16-14(18-13)6-11(3)4/h8,10-12,15,17H,5-7,9H2,1-4H3. The van der Waals surface area contributed by atoms with E-state index in [2.05, 4.69) is 38.0 Å². The molecule has 4 heteroatoms. The third-order valence-electron chi connectivity index (χ3n) is 2.73. The van der Waals surface area contributed by atoms with Crippen LogP contribution in [0.4, 0.5) is 0 Å². The van der Waals surface area contributed by atoms with Gasteiger partial charge in [-0.15, -0.1) is 11.3 Å². The fourth-order valence-electron chi connectivity index (χ4n) is 1.91. The summed E-state index contributed by atoms with van der Waals surface area (Å²) >= 11 is 1.78. The Bertz CT molecular complexity index is 336. The third kappa shape index (κ3) is 5.94. The molecule has 1 aromatic heterocycles. The molecule has 104 valence electrons. The first-order valence-electron chi connectivity index (χ1n) is 6.79. The average Bonchev–Trinajstić information content (AvgIpc) is 2.70. The van der Waals surface area contributed by atoms with Crippen LogP contribution in [0.5, 0.6) is 0 Å². The van der Waals surface area contributed by atoms with E-state index in [-0.39, 0.29) is 12.6 Å². The molecule has 18 heavy (non-hydrogen) atoms. The second kappa shape index (κ2) is 7.87. The summed E-state index contributed by atoms with van der Waals surface area (Å²) in [5.74, 6) is 1.26. The number of aliphatic hydroxyl groups is 1. The molecule has 0 saturated carbocycles. The normalized spacial score (nSPS) is 13.5. The van der Waals surface area contributed by atoms with Crippen LogP contribution in [0.1, 0.15) is 44.0 Å². The van der Waals surface area contributed by atoms with Gasteiger partial charge in [0.25, 0.3) is 0 Å². The molecule has 0 bridgehead atoms. The zero-order chi connectivity index (χ0) is 13.5. The smallest absolute Gasteiger partial charge is 0.0930 e. The van der Waals surface area contributed by atoms with Gasteiger partial charge in [-0.2, -0.15) is 0 Å². The molecule has 0 aliphatic heterocycles. The van der Waals surface area contributed by atoms with E-state index in [0.29, 0.717) is 11.8 Å². The van der Waals surface area contributed by atoms with Crippen molar-refractivity contribution in [3.05, 3.63) is 16.1 Å². The van der Waals surface area contributed by atoms with Crippen LogP contribution in [0.15, 0.2) is 6.20 Å². The number of hydrogen-bond acceptors (Lipinski definition) is 4. The van der Waals surface area contributed by atoms with E-state index in [9.17, 15) is 5.11 Å². The van der Waals surface area contributed by atoms with Crippen LogP contribution in [0.25, 0.3) is 0 Å². The highest BCUT2D eigenvalue weighted by Crippen LogP contribution is 2.16. The van der Waals surface area contributed by atoms with Gasteiger partial charge < -0.3 is 10.4 Å². The zero-order valence-corrected chi connectivity index (χ0v) is 12.8. The Hall–Kier alpha value is -0.450. The van der Waals surface area contributed by atoms with Gasteiger partial charge in [-0.1, -0.05) is 27.7 Å². The summed E-state index contributed by atoms with van der Waals surface area (Å²) in [5.41, 5.74) is 0. The number of thiazole rings is 1. The highest BCUT2D eigenvalue weighted by atomic mass is 32.1. The lowest BCUT2D eigenvalue weighted by atomic mass is 10.0. The molecular weight excluding hydrogens is 244 g/mol. The highest BCUT2D eigenvalue weighted by molar-refractivity contribution is 7.11. The number of aromatic nitrogens is 1. The van der Waals surface area contributed by atoms with Gasteiger partial charge in [0.05, 0.1) is 11.6 Å². The summed E-state index contributed by atoms with van der Waals surface area (Å²) in [5, 5.41) is 13.9. The van der Waals surface area contributed by atoms with Gasteiger partial charge in [0, 0.05) is 30.1 Å². The summed E-state index contributed by atoms with van der Waals surface area (Å²) < 4.78 is 0. The van der Waals surface area contributed by atoms with Gasteiger partial charge in [-0.3, -0.25) is 0 Å². The second-order valence-electron chi connectivity index (χ2n) is 5.71. The first kappa shape index (κ1) is 15.6. The van der Waals surface area contributed by atoms with Crippen LogP contribution >= 0.6 is 11.3 Å². The van der Waals surface area contributed by atoms with E-state index < -0.39 is 0 Å². The van der Waals surface area contributed by atoms with Gasteiger partial charge in [-0.25, -0.2) is 4.98 Å². The molecule has 1 atom stereocenters. The van der Waals surface area contributed by atoms with Crippen molar-refractivity contribution in [2.24, 2.45) is 11.8 Å². The lowest BCUT2D eigenvalue weighted by Crippen LogP contribution is -2.33. The maximum Gasteiger partial charge on any atom is 0.0930 e. The Morgan fingerprint density at radius 3 is 2.56 bits per heavy atom. The second-order valence-corrected chi connectivity index (χ2v) is 6.91. The molecule has 0 aliphatic rings. The number of nitrogens with zero attached hydrogens (tertiary/aromatic N) is 1. The zero-order valence-electron chi connectivity index (χ0n) is 11.9. The van der Waals surface area contributed by atoms with Crippen LogP contribution in [-0.2, 0) is 13.0 Å². The van der Waals surface area contributed by atoms with Crippen LogP contribution in [0.3, 0.4) is 0 Å². The molecule has 2 N–H and O–H groups in total. The monoisotopic (exact) mass is 270 g/mol. The van der Waals surface area contributed by atoms with Crippen LogP contribution in [-0.4, -0.2) is 22.7 Å². The van der Waals surface area contributed by atoms with Crippen molar-refractivity contribution in [1.29, 1.82) is 0 Å². The molecule has 0 fully saturated rings. The predicted molar refractivity (Wildman–Crippen MR) is 77.8 cm³/mol. The number of nitrogens with one attached hydrogen (secondary N) is 1. The molecule has 1 aromatic rings. The SMILES string of the molecule is CC(C)Cc1ncc(CNC(CO)CC(C)C)s1. The summed E-state index contributed by atoms with van der Waals surface area (Å²) in [6.07, 6.45) is 4.02. The molecule has 0 aromatic carbocycles. The Balaban J connectivity index is 2.40. The van der Waals surface area contributed by atoms with E-state index in [4.69, 9.17) is 0 Å². The van der Waals surface area contributed by atoms with Gasteiger partial charge in [0.15, 0.2) is 0 Å². The average molecular weight is 270 g/mol. The van der Waals surface area contributed by atoms with Crippen molar-refractivity contribution >= 4 is 11.3 Å². The minimum absolute atomic E-state index is 0.195. The lowest BCUT2D eigenvalue weighted by Gasteiger charge is -2.17. The molecular formula is C14H26N2OS. The summed E-state index contributed by atoms with van der Waals surface area (Å²) in [4.78, 5) is 5.69. The summed E-state index contributed by atoms with van der Waals surface area (Å²) in [6.45, 7) is 9.80. The minimum atomic E-state index is 0.195. The first-order valence-corrected chi connectivity index (χ1v) is 7.60. The Kier molecular flexibility index (Phi) is 6.82. The van der Waals surface area contributed by atoms with E-state index in [1.807, 2.05) is 6.20 Å². The number of aliphatic hydroxyl groups excluding tert-OH is 1. The van der Waals surface area contributed by atoms with Crippen molar-refractivity contribution < 1.29 is 5.11 Å². The fourth-order valence-corrected chi connectivity index (χ4v) is 3.00. The first-order chi connectivity index (χ1) is 8.51. The van der Waals surface area contributed by atoms with Crippen LogP contribution in [0, 0.1) is 11.8 Å². The van der Waals surface area contributed by atoms with E-state index in [1.165, 1.54) is 9.88 Å². The Morgan fingerprint density at radius 2 is 2.00 bits per heavy atom. The van der Waals surface area contributed by atoms with Crippen LogP contribution < -0.4 is 5.32 Å². The molecule has 1 unspecified atom stereocenters. The molecule has 1 heterocycles. The quantitative estimate of drug-likeness (QED) is 0.763. The molecule has 0 radical (unpaired) electrons. The van der Waals surface area contributed by atoms with Crippen molar-refractivity contribution in [3.63, 3.8) is 0 Å². The Labute approximate surface area is 115 Å². The summed E-state index contributed by atoms with van der Waals surface area (Å²) in [7, 11) is 0. The van der Waals surface area contributed by atoms with Crippen molar-refractivity contribution in [1.82, 2.24) is 10.3 Å². The molecule has 0 spiro atoms. The molecule has 1 rings (SSSR count). The Morgan fingerprint density at radius 1 is 1.28 bits per heavy atom. The van der Waals surface area contributed by atoms with Gasteiger partial charge in [0.2, 0.25) is 0 Å². The van der Waals surface area contributed by atoms with Gasteiger partial charge >= 0.3 is 0 Å². The highest BCUT2D eigenvalue weighted by Gasteiger charge is 2.10. The van der Waals surface area contributed by atoms with E-state index in [0.717, 1.165) is 19.4 Å². The maximum absolute atomic E-state index is 9.30. The summed E-state index contributed by atoms with van der Waals surface area (Å²) in [6, 6.07) is 0.195. The topological polar surface area (TPSA) is 45.2 Å². The maximum atomic E-state index is 9.30. The third-order valence-corrected chi connectivity index (χ3v) is 3.75. The van der Waals surface area contributed by atoms with E-state index in [1.54, 1.807) is 11.3 Å². The molecule has 0 amide bonds. The minimum Gasteiger partial charge on any atom is -0.395 e. The number of hydrogen-bond donors (Lipinski definition) is 2. The molecule has 0 saturated heterocycles. The largest absolute Gasteiger partial charge is 0.395 e. The lowest BCUT2D eigenvalue weighted by molar-refractivity contribution is 0.224. The van der Waals surface area contributed by atoms with Gasteiger partial charge in [-0.05, 0) is 18.3 Å².